The van der Waals surface area contributed by atoms with Crippen LogP contribution in [0.4, 0.5) is 14.5 Å². The highest BCUT2D eigenvalue weighted by molar-refractivity contribution is 7.92. The molecule has 0 heterocycles. The van der Waals surface area contributed by atoms with E-state index in [2.05, 4.69) is 0 Å². The van der Waals surface area contributed by atoms with Gasteiger partial charge in [0.2, 0.25) is 0 Å². The molecule has 116 valence electrons. The molecule has 8 heteroatoms. The van der Waals surface area contributed by atoms with Crippen molar-refractivity contribution in [1.29, 1.82) is 0 Å². The Kier molecular flexibility index (Phi) is 4.14. The molecule has 0 aliphatic heterocycles. The summed E-state index contributed by atoms with van der Waals surface area (Å²) >= 11 is 0. The smallest absolute Gasteiger partial charge is 0.338 e. The van der Waals surface area contributed by atoms with Crippen LogP contribution in [-0.2, 0) is 10.0 Å². The van der Waals surface area contributed by atoms with Gasteiger partial charge < -0.3 is 5.11 Å². The minimum absolute atomic E-state index is 0.205. The van der Waals surface area contributed by atoms with Crippen molar-refractivity contribution in [1.82, 2.24) is 0 Å². The lowest BCUT2D eigenvalue weighted by molar-refractivity contribution is 0.0691. The Labute approximate surface area is 125 Å². The molecular formula is C14H11F2NO4S. The van der Waals surface area contributed by atoms with Crippen LogP contribution in [0.25, 0.3) is 0 Å². The molecule has 0 aliphatic rings. The van der Waals surface area contributed by atoms with Crippen molar-refractivity contribution in [3.8, 4) is 0 Å². The van der Waals surface area contributed by atoms with E-state index in [-0.39, 0.29) is 5.69 Å². The van der Waals surface area contributed by atoms with Crippen molar-refractivity contribution in [3.63, 3.8) is 0 Å². The molecule has 5 nitrogen and oxygen atoms in total. The Morgan fingerprint density at radius 1 is 1.09 bits per heavy atom. The van der Waals surface area contributed by atoms with Gasteiger partial charge in [0, 0.05) is 7.05 Å². The molecule has 2 rings (SSSR count). The molecule has 0 radical (unpaired) electrons. The lowest BCUT2D eigenvalue weighted by Gasteiger charge is -2.20. The summed E-state index contributed by atoms with van der Waals surface area (Å²) < 4.78 is 52.5. The zero-order valence-electron chi connectivity index (χ0n) is 11.3. The van der Waals surface area contributed by atoms with Gasteiger partial charge in [0.05, 0.1) is 16.1 Å². The first-order chi connectivity index (χ1) is 10.2. The summed E-state index contributed by atoms with van der Waals surface area (Å²) in [7, 11) is -3.10. The van der Waals surface area contributed by atoms with Gasteiger partial charge in [-0.1, -0.05) is 12.1 Å². The van der Waals surface area contributed by atoms with Gasteiger partial charge in [-0.05, 0) is 30.3 Å². The van der Waals surface area contributed by atoms with Crippen molar-refractivity contribution in [2.24, 2.45) is 0 Å². The van der Waals surface area contributed by atoms with Crippen LogP contribution in [0, 0.1) is 11.6 Å². The Hall–Kier alpha value is -2.48. The molecule has 0 bridgehead atoms. The summed E-state index contributed by atoms with van der Waals surface area (Å²) in [6, 6.07) is 7.57. The van der Waals surface area contributed by atoms with E-state index >= 15 is 0 Å². The number of para-hydroxylation sites is 1. The molecule has 0 unspecified atom stereocenters. The number of aromatic carboxylic acids is 1. The fourth-order valence-electron chi connectivity index (χ4n) is 1.82. The zero-order valence-corrected chi connectivity index (χ0v) is 12.1. The van der Waals surface area contributed by atoms with Gasteiger partial charge in [-0.3, -0.25) is 4.31 Å². The number of benzene rings is 2. The summed E-state index contributed by atoms with van der Waals surface area (Å²) in [5.74, 6) is -3.41. The number of carboxylic acids is 1. The van der Waals surface area contributed by atoms with Gasteiger partial charge >= 0.3 is 5.97 Å². The lowest BCUT2D eigenvalue weighted by atomic mass is 10.2. The van der Waals surface area contributed by atoms with E-state index in [1.807, 2.05) is 0 Å². The second kappa shape index (κ2) is 5.72. The summed E-state index contributed by atoms with van der Waals surface area (Å²) in [4.78, 5) is 10.4. The molecule has 0 spiro atoms. The minimum atomic E-state index is -4.22. The summed E-state index contributed by atoms with van der Waals surface area (Å²) in [6.07, 6.45) is 0. The molecule has 0 saturated heterocycles. The van der Waals surface area contributed by atoms with Crippen LogP contribution in [-0.4, -0.2) is 26.5 Å². The highest BCUT2D eigenvalue weighted by Crippen LogP contribution is 2.25. The maximum atomic E-state index is 13.7. The largest absolute Gasteiger partial charge is 0.478 e. The van der Waals surface area contributed by atoms with E-state index in [9.17, 15) is 22.0 Å². The van der Waals surface area contributed by atoms with E-state index in [4.69, 9.17) is 5.11 Å². The van der Waals surface area contributed by atoms with E-state index in [1.165, 1.54) is 18.2 Å². The average molecular weight is 327 g/mol. The number of carboxylic acid groups (broad SMARTS) is 1. The Balaban J connectivity index is 2.54. The molecular weight excluding hydrogens is 316 g/mol. The minimum Gasteiger partial charge on any atom is -0.478 e. The van der Waals surface area contributed by atoms with Crippen LogP contribution in [0.15, 0.2) is 47.4 Å². The quantitative estimate of drug-likeness (QED) is 0.936. The Morgan fingerprint density at radius 2 is 1.73 bits per heavy atom. The van der Waals surface area contributed by atoms with E-state index in [1.54, 1.807) is 0 Å². The molecule has 2 aromatic rings. The van der Waals surface area contributed by atoms with Gasteiger partial charge in [0.25, 0.3) is 10.0 Å². The van der Waals surface area contributed by atoms with Gasteiger partial charge in [0.1, 0.15) is 11.6 Å². The second-order valence-corrected chi connectivity index (χ2v) is 6.34. The third kappa shape index (κ3) is 2.77. The number of hydrogen-bond acceptors (Lipinski definition) is 3. The number of anilines is 1. The first kappa shape index (κ1) is 15.9. The van der Waals surface area contributed by atoms with Crippen molar-refractivity contribution in [2.75, 3.05) is 11.4 Å². The monoisotopic (exact) mass is 327 g/mol. The van der Waals surface area contributed by atoms with Gasteiger partial charge in [-0.2, -0.15) is 0 Å². The fourth-order valence-corrected chi connectivity index (χ4v) is 3.05. The van der Waals surface area contributed by atoms with Crippen LogP contribution >= 0.6 is 0 Å². The van der Waals surface area contributed by atoms with Crippen LogP contribution < -0.4 is 4.31 Å². The van der Waals surface area contributed by atoms with Crippen LogP contribution in [0.1, 0.15) is 10.4 Å². The van der Waals surface area contributed by atoms with Crippen molar-refractivity contribution in [3.05, 3.63) is 59.7 Å². The van der Waals surface area contributed by atoms with Crippen molar-refractivity contribution < 1.29 is 27.1 Å². The predicted molar refractivity (Wildman–Crippen MR) is 75.3 cm³/mol. The normalized spacial score (nSPS) is 11.2. The van der Waals surface area contributed by atoms with E-state index < -0.39 is 38.1 Å². The standard InChI is InChI=1S/C14H11F2NO4S/c1-17(13-5-3-2-4-12(13)16)22(20,21)9-6-7-11(15)10(8-9)14(18)19/h2-8H,1H3,(H,18,19). The zero-order chi connectivity index (χ0) is 16.5. The highest BCUT2D eigenvalue weighted by atomic mass is 32.2. The SMILES string of the molecule is CN(c1ccccc1F)S(=O)(=O)c1ccc(F)c(C(=O)O)c1. The number of nitrogens with zero attached hydrogens (tertiary/aromatic N) is 1. The molecule has 0 fully saturated rings. The molecule has 0 aromatic heterocycles. The molecule has 0 saturated carbocycles. The van der Waals surface area contributed by atoms with Crippen molar-refractivity contribution in [2.45, 2.75) is 4.90 Å². The lowest BCUT2D eigenvalue weighted by Crippen LogP contribution is -2.27. The Morgan fingerprint density at radius 3 is 2.32 bits per heavy atom. The Bertz CT molecular complexity index is 836. The van der Waals surface area contributed by atoms with Gasteiger partial charge in [0.15, 0.2) is 0 Å². The van der Waals surface area contributed by atoms with Crippen LogP contribution in [0.3, 0.4) is 0 Å². The molecule has 0 atom stereocenters. The third-order valence-corrected chi connectivity index (χ3v) is 4.79. The molecule has 1 N–H and O–H groups in total. The fraction of sp³-hybridized carbons (Fsp3) is 0.0714. The first-order valence-corrected chi connectivity index (χ1v) is 7.45. The molecule has 22 heavy (non-hydrogen) atoms. The first-order valence-electron chi connectivity index (χ1n) is 6.01. The number of hydrogen-bond donors (Lipinski definition) is 1. The molecule has 0 aliphatic carbocycles. The van der Waals surface area contributed by atoms with E-state index in [0.717, 1.165) is 25.2 Å². The van der Waals surface area contributed by atoms with Crippen LogP contribution in [0.5, 0.6) is 0 Å². The number of carbonyl (C=O) groups is 1. The van der Waals surface area contributed by atoms with Gasteiger partial charge in [-0.15, -0.1) is 0 Å². The summed E-state index contributed by atoms with van der Waals surface area (Å²) in [5.41, 5.74) is -0.980. The topological polar surface area (TPSA) is 74.7 Å². The summed E-state index contributed by atoms with van der Waals surface area (Å²) in [5, 5.41) is 8.85. The van der Waals surface area contributed by atoms with Crippen molar-refractivity contribution >= 4 is 21.7 Å². The number of sulfonamides is 1. The number of halogens is 2. The molecule has 2 aromatic carbocycles. The maximum absolute atomic E-state index is 13.7. The predicted octanol–water partition coefficient (Wildman–Crippen LogP) is 2.49. The average Bonchev–Trinajstić information content (AvgIpc) is 2.47. The van der Waals surface area contributed by atoms with Gasteiger partial charge in [-0.25, -0.2) is 22.0 Å². The summed E-state index contributed by atoms with van der Waals surface area (Å²) in [6.45, 7) is 0. The second-order valence-electron chi connectivity index (χ2n) is 4.37. The van der Waals surface area contributed by atoms with E-state index in [0.29, 0.717) is 10.4 Å². The molecule has 0 amide bonds. The maximum Gasteiger partial charge on any atom is 0.338 e. The highest BCUT2D eigenvalue weighted by Gasteiger charge is 2.25. The number of rotatable bonds is 4. The van der Waals surface area contributed by atoms with Crippen LogP contribution in [0.2, 0.25) is 0 Å². The third-order valence-electron chi connectivity index (χ3n) is 3.02.